The van der Waals surface area contributed by atoms with Gasteiger partial charge in [0, 0.05) is 6.07 Å². The highest BCUT2D eigenvalue weighted by Crippen LogP contribution is 2.04. The maximum absolute atomic E-state index is 12.9. The van der Waals surface area contributed by atoms with Crippen LogP contribution in [0.3, 0.4) is 0 Å². The number of hydrogen-bond acceptors (Lipinski definition) is 3. The fourth-order valence-corrected chi connectivity index (χ4v) is 1.59. The number of carbonyl (C=O) groups is 2. The summed E-state index contributed by atoms with van der Waals surface area (Å²) in [5.74, 6) is -0.668. The number of anilines is 1. The zero-order valence-electron chi connectivity index (χ0n) is 10.5. The molecular weight excluding hydrogens is 263 g/mol. The molecular formula is C13H13FN4O2. The van der Waals surface area contributed by atoms with Crippen LogP contribution in [0.4, 0.5) is 10.2 Å². The Morgan fingerprint density at radius 2 is 2.10 bits per heavy atom. The number of benzene rings is 1. The second-order valence-electron chi connectivity index (χ2n) is 4.10. The van der Waals surface area contributed by atoms with Gasteiger partial charge in [-0.2, -0.15) is 5.10 Å². The van der Waals surface area contributed by atoms with Gasteiger partial charge in [0.2, 0.25) is 11.8 Å². The molecule has 3 N–H and O–H groups in total. The highest BCUT2D eigenvalue weighted by molar-refractivity contribution is 5.93. The number of rotatable bonds is 5. The topological polar surface area (TPSA) is 86.9 Å². The minimum absolute atomic E-state index is 0.0229. The standard InChI is InChI=1S/C13H13FN4O2/c14-10-3-1-2-9(6-10)7-12(19)15-8-13(20)17-11-4-5-16-18-11/h1-6H,7-8H2,(H,15,19)(H2,16,17,18,20). The first kappa shape index (κ1) is 13.7. The third-order valence-electron chi connectivity index (χ3n) is 2.47. The highest BCUT2D eigenvalue weighted by atomic mass is 19.1. The second kappa shape index (κ2) is 6.46. The third kappa shape index (κ3) is 4.20. The van der Waals surface area contributed by atoms with E-state index in [9.17, 15) is 14.0 Å². The summed E-state index contributed by atoms with van der Waals surface area (Å²) >= 11 is 0. The molecule has 0 fully saturated rings. The molecule has 1 aromatic carbocycles. The Bertz CT molecular complexity index is 598. The SMILES string of the molecule is O=C(Cc1cccc(F)c1)NCC(=O)Nc1ccn[nH]1. The Balaban J connectivity index is 1.76. The molecule has 20 heavy (non-hydrogen) atoms. The number of halogens is 1. The van der Waals surface area contributed by atoms with E-state index < -0.39 is 5.82 Å². The first-order valence-corrected chi connectivity index (χ1v) is 5.94. The molecule has 0 saturated heterocycles. The lowest BCUT2D eigenvalue weighted by atomic mass is 10.1. The van der Waals surface area contributed by atoms with Crippen molar-refractivity contribution < 1.29 is 14.0 Å². The molecule has 1 aromatic heterocycles. The molecule has 2 rings (SSSR count). The molecule has 7 heteroatoms. The van der Waals surface area contributed by atoms with Gasteiger partial charge in [0.1, 0.15) is 11.6 Å². The maximum Gasteiger partial charge on any atom is 0.244 e. The first-order chi connectivity index (χ1) is 9.63. The normalized spacial score (nSPS) is 10.1. The van der Waals surface area contributed by atoms with E-state index in [2.05, 4.69) is 20.8 Å². The van der Waals surface area contributed by atoms with Crippen molar-refractivity contribution in [2.24, 2.45) is 0 Å². The Morgan fingerprint density at radius 3 is 2.80 bits per heavy atom. The van der Waals surface area contributed by atoms with E-state index in [1.54, 1.807) is 12.1 Å². The predicted molar refractivity (Wildman–Crippen MR) is 70.3 cm³/mol. The van der Waals surface area contributed by atoms with E-state index in [0.29, 0.717) is 11.4 Å². The number of aromatic nitrogens is 2. The summed E-state index contributed by atoms with van der Waals surface area (Å²) in [5, 5.41) is 11.2. The summed E-state index contributed by atoms with van der Waals surface area (Å²) in [6.45, 7) is -0.160. The van der Waals surface area contributed by atoms with Crippen LogP contribution in [0, 0.1) is 5.82 Å². The van der Waals surface area contributed by atoms with Gasteiger partial charge in [0.05, 0.1) is 19.2 Å². The van der Waals surface area contributed by atoms with Crippen LogP contribution in [-0.2, 0) is 16.0 Å². The van der Waals surface area contributed by atoms with E-state index in [-0.39, 0.29) is 24.8 Å². The monoisotopic (exact) mass is 276 g/mol. The van der Waals surface area contributed by atoms with Crippen LogP contribution in [0.2, 0.25) is 0 Å². The minimum Gasteiger partial charge on any atom is -0.347 e. The number of H-pyrrole nitrogens is 1. The molecule has 0 bridgehead atoms. The van der Waals surface area contributed by atoms with E-state index in [0.717, 1.165) is 0 Å². The summed E-state index contributed by atoms with van der Waals surface area (Å²) in [7, 11) is 0. The Hall–Kier alpha value is -2.70. The van der Waals surface area contributed by atoms with Gasteiger partial charge >= 0.3 is 0 Å². The van der Waals surface area contributed by atoms with Gasteiger partial charge in [-0.15, -0.1) is 0 Å². The Labute approximate surface area is 114 Å². The molecule has 0 atom stereocenters. The summed E-state index contributed by atoms with van der Waals surface area (Å²) in [4.78, 5) is 23.1. The molecule has 0 radical (unpaired) electrons. The molecule has 0 aliphatic heterocycles. The fraction of sp³-hybridized carbons (Fsp3) is 0.154. The van der Waals surface area contributed by atoms with Gasteiger partial charge < -0.3 is 10.6 Å². The van der Waals surface area contributed by atoms with Crippen LogP contribution in [0.15, 0.2) is 36.5 Å². The molecule has 0 aliphatic rings. The smallest absolute Gasteiger partial charge is 0.244 e. The molecule has 0 unspecified atom stereocenters. The number of nitrogens with one attached hydrogen (secondary N) is 3. The van der Waals surface area contributed by atoms with Crippen LogP contribution >= 0.6 is 0 Å². The number of nitrogens with zero attached hydrogens (tertiary/aromatic N) is 1. The second-order valence-corrected chi connectivity index (χ2v) is 4.10. The van der Waals surface area contributed by atoms with Gasteiger partial charge in [-0.25, -0.2) is 4.39 Å². The number of aromatic amines is 1. The van der Waals surface area contributed by atoms with Crippen molar-refractivity contribution in [1.82, 2.24) is 15.5 Å². The van der Waals surface area contributed by atoms with E-state index in [1.807, 2.05) is 0 Å². The quantitative estimate of drug-likeness (QED) is 0.756. The number of hydrogen-bond donors (Lipinski definition) is 3. The van der Waals surface area contributed by atoms with Gasteiger partial charge in [0.15, 0.2) is 0 Å². The van der Waals surface area contributed by atoms with Gasteiger partial charge in [-0.3, -0.25) is 14.7 Å². The van der Waals surface area contributed by atoms with Crippen LogP contribution in [0.1, 0.15) is 5.56 Å². The average Bonchev–Trinajstić information content (AvgIpc) is 2.89. The van der Waals surface area contributed by atoms with Crippen LogP contribution in [0.25, 0.3) is 0 Å². The van der Waals surface area contributed by atoms with Gasteiger partial charge in [0.25, 0.3) is 0 Å². The first-order valence-electron chi connectivity index (χ1n) is 5.94. The molecule has 6 nitrogen and oxygen atoms in total. The Kier molecular flexibility index (Phi) is 4.43. The van der Waals surface area contributed by atoms with Crippen molar-refractivity contribution in [2.45, 2.75) is 6.42 Å². The van der Waals surface area contributed by atoms with Crippen molar-refractivity contribution in [2.75, 3.05) is 11.9 Å². The van der Waals surface area contributed by atoms with Crippen molar-refractivity contribution >= 4 is 17.6 Å². The van der Waals surface area contributed by atoms with Gasteiger partial charge in [-0.05, 0) is 17.7 Å². The van der Waals surface area contributed by atoms with E-state index in [4.69, 9.17) is 0 Å². The van der Waals surface area contributed by atoms with Crippen molar-refractivity contribution in [1.29, 1.82) is 0 Å². The van der Waals surface area contributed by atoms with Crippen molar-refractivity contribution in [3.63, 3.8) is 0 Å². The molecule has 2 aromatic rings. The summed E-state index contributed by atoms with van der Waals surface area (Å²) in [5.41, 5.74) is 0.552. The summed E-state index contributed by atoms with van der Waals surface area (Å²) < 4.78 is 12.9. The predicted octanol–water partition coefficient (Wildman–Crippen LogP) is 0.846. The Morgan fingerprint density at radius 1 is 1.25 bits per heavy atom. The van der Waals surface area contributed by atoms with Crippen molar-refractivity contribution in [3.05, 3.63) is 47.9 Å². The van der Waals surface area contributed by atoms with E-state index in [1.165, 1.54) is 24.4 Å². The molecule has 0 spiro atoms. The van der Waals surface area contributed by atoms with Crippen LogP contribution in [-0.4, -0.2) is 28.6 Å². The molecule has 0 saturated carbocycles. The molecule has 0 aliphatic carbocycles. The number of amides is 2. The fourth-order valence-electron chi connectivity index (χ4n) is 1.59. The molecule has 104 valence electrons. The zero-order valence-corrected chi connectivity index (χ0v) is 10.5. The van der Waals surface area contributed by atoms with Crippen molar-refractivity contribution in [3.8, 4) is 0 Å². The highest BCUT2D eigenvalue weighted by Gasteiger charge is 2.07. The number of carbonyl (C=O) groups excluding carboxylic acids is 2. The van der Waals surface area contributed by atoms with Gasteiger partial charge in [-0.1, -0.05) is 12.1 Å². The zero-order chi connectivity index (χ0) is 14.4. The largest absolute Gasteiger partial charge is 0.347 e. The minimum atomic E-state index is -0.396. The van der Waals surface area contributed by atoms with Crippen LogP contribution < -0.4 is 10.6 Å². The lowest BCUT2D eigenvalue weighted by Gasteiger charge is -2.05. The molecule has 1 heterocycles. The van der Waals surface area contributed by atoms with Crippen LogP contribution in [0.5, 0.6) is 0 Å². The summed E-state index contributed by atoms with van der Waals surface area (Å²) in [6, 6.07) is 7.35. The summed E-state index contributed by atoms with van der Waals surface area (Å²) in [6.07, 6.45) is 1.52. The average molecular weight is 276 g/mol. The lowest BCUT2D eigenvalue weighted by molar-refractivity contribution is -0.123. The molecule has 2 amide bonds. The maximum atomic E-state index is 12.9. The third-order valence-corrected chi connectivity index (χ3v) is 2.47. The lowest BCUT2D eigenvalue weighted by Crippen LogP contribution is -2.33. The van der Waals surface area contributed by atoms with E-state index >= 15 is 0 Å².